The second-order valence-electron chi connectivity index (χ2n) is 7.85. The van der Waals surface area contributed by atoms with Crippen LogP contribution in [0.15, 0.2) is 0 Å². The van der Waals surface area contributed by atoms with E-state index in [-0.39, 0.29) is 26.2 Å². The monoisotopic (exact) mass is 364 g/mol. The molecule has 0 radical (unpaired) electrons. The smallest absolute Gasteiger partial charge is 0.430 e. The van der Waals surface area contributed by atoms with Gasteiger partial charge in [0.1, 0.15) is 12.7 Å². The zero-order valence-corrected chi connectivity index (χ0v) is 16.0. The number of hydrogen-bond donors (Lipinski definition) is 3. The Hall–Kier alpha value is -0.850. The summed E-state index contributed by atoms with van der Waals surface area (Å²) in [4.78, 5) is 10.0. The molecule has 0 spiro atoms. The normalized spacial score (nSPS) is 28.5. The highest BCUT2D eigenvalue weighted by atomic mass is 16.8. The van der Waals surface area contributed by atoms with Gasteiger partial charge in [0.2, 0.25) is 0 Å². The quantitative estimate of drug-likeness (QED) is 0.650. The zero-order chi connectivity index (χ0) is 18.9. The molecular weight excluding hydrogens is 324 g/mol. The first-order valence-electron chi connectivity index (χ1n) is 8.81. The second kappa shape index (κ2) is 12.5. The van der Waals surface area contributed by atoms with E-state index in [1.165, 1.54) is 12.8 Å². The highest BCUT2D eigenvalue weighted by Gasteiger charge is 2.28. The lowest BCUT2D eigenvalue weighted by molar-refractivity contribution is 0.0183. The van der Waals surface area contributed by atoms with Gasteiger partial charge < -0.3 is 24.8 Å². The van der Waals surface area contributed by atoms with Crippen LogP contribution in [0.2, 0.25) is 0 Å². The van der Waals surface area contributed by atoms with Gasteiger partial charge in [-0.3, -0.25) is 0 Å². The molecule has 25 heavy (non-hydrogen) atoms. The summed E-state index contributed by atoms with van der Waals surface area (Å²) in [6, 6.07) is 0. The van der Waals surface area contributed by atoms with E-state index in [9.17, 15) is 9.90 Å². The Balaban J connectivity index is 0. The Bertz CT molecular complexity index is 350. The van der Waals surface area contributed by atoms with Crippen molar-refractivity contribution in [3.63, 3.8) is 0 Å². The van der Waals surface area contributed by atoms with Crippen molar-refractivity contribution in [2.45, 2.75) is 86.0 Å². The predicted octanol–water partition coefficient (Wildman–Crippen LogP) is 3.37. The fourth-order valence-corrected chi connectivity index (χ4v) is 2.57. The lowest BCUT2D eigenvalue weighted by Crippen LogP contribution is -2.31. The topological polar surface area (TPSA) is 96.2 Å². The van der Waals surface area contributed by atoms with Crippen LogP contribution in [0.4, 0.5) is 4.79 Å². The number of carbonyl (C=O) groups is 1. The molecule has 2 rings (SSSR count). The van der Waals surface area contributed by atoms with Gasteiger partial charge in [0.05, 0.1) is 18.3 Å². The van der Waals surface area contributed by atoms with E-state index in [2.05, 4.69) is 30.2 Å². The van der Waals surface area contributed by atoms with Crippen molar-refractivity contribution in [3.8, 4) is 0 Å². The molecule has 152 valence electrons. The summed E-state index contributed by atoms with van der Waals surface area (Å²) in [7, 11) is 0. The van der Waals surface area contributed by atoms with Gasteiger partial charge in [-0.2, -0.15) is 0 Å². The van der Waals surface area contributed by atoms with E-state index >= 15 is 0 Å². The van der Waals surface area contributed by atoms with Gasteiger partial charge >= 0.3 is 6.16 Å². The first kappa shape index (κ1) is 26.4. The molecule has 4 atom stereocenters. The molecule has 1 saturated carbocycles. The highest BCUT2D eigenvalue weighted by molar-refractivity contribution is 5.61. The van der Waals surface area contributed by atoms with Gasteiger partial charge in [-0.25, -0.2) is 4.79 Å². The summed E-state index contributed by atoms with van der Waals surface area (Å²) in [6.45, 7) is 11.8. The zero-order valence-electron chi connectivity index (χ0n) is 16.0. The van der Waals surface area contributed by atoms with Crippen LogP contribution in [0, 0.1) is 17.8 Å². The van der Waals surface area contributed by atoms with Gasteiger partial charge in [-0.15, -0.1) is 0 Å². The van der Waals surface area contributed by atoms with Gasteiger partial charge in [0.15, 0.2) is 0 Å². The van der Waals surface area contributed by atoms with E-state index in [4.69, 9.17) is 10.2 Å². The third-order valence-electron chi connectivity index (χ3n) is 4.11. The van der Waals surface area contributed by atoms with Crippen LogP contribution in [-0.4, -0.2) is 52.5 Å². The van der Waals surface area contributed by atoms with Gasteiger partial charge in [-0.05, 0) is 51.4 Å². The maximum Gasteiger partial charge on any atom is 0.508 e. The molecule has 0 bridgehead atoms. The summed E-state index contributed by atoms with van der Waals surface area (Å²) in [5.74, 6) is 1.95. The van der Waals surface area contributed by atoms with Crippen LogP contribution in [0.3, 0.4) is 0 Å². The summed E-state index contributed by atoms with van der Waals surface area (Å²) < 4.78 is 8.90. The molecular formula is C19H40O6. The molecule has 1 aliphatic carbocycles. The predicted molar refractivity (Wildman–Crippen MR) is 99.4 cm³/mol. The fraction of sp³-hybridized carbons (Fsp3) is 0.947. The molecule has 2 fully saturated rings. The Morgan fingerprint density at radius 1 is 1.24 bits per heavy atom. The van der Waals surface area contributed by atoms with E-state index in [0.29, 0.717) is 18.4 Å². The molecule has 0 amide bonds. The average molecular weight is 365 g/mol. The van der Waals surface area contributed by atoms with Crippen LogP contribution in [0.1, 0.15) is 68.2 Å². The molecule has 0 aromatic heterocycles. The highest BCUT2D eigenvalue weighted by Crippen LogP contribution is 2.33. The molecule has 6 nitrogen and oxygen atoms in total. The number of carbonyl (C=O) groups excluding carboxylic acids is 1. The number of aliphatic hydroxyl groups is 3. The largest absolute Gasteiger partial charge is 0.508 e. The first-order chi connectivity index (χ1) is 11.0. The molecule has 0 aromatic carbocycles. The van der Waals surface area contributed by atoms with Crippen molar-refractivity contribution in [1.82, 2.24) is 0 Å². The minimum Gasteiger partial charge on any atom is -0.430 e. The summed E-state index contributed by atoms with van der Waals surface area (Å²) in [6.07, 6.45) is 2.92. The SMILES string of the molecule is C.CC(C)(O)CO.CC1CCC(C(C)C)C(O)C1.CC1COC(=O)O1. The van der Waals surface area contributed by atoms with Crippen molar-refractivity contribution >= 4 is 6.16 Å². The Morgan fingerprint density at radius 2 is 1.76 bits per heavy atom. The van der Waals surface area contributed by atoms with Crippen molar-refractivity contribution in [2.24, 2.45) is 17.8 Å². The number of cyclic esters (lactones) is 2. The lowest BCUT2D eigenvalue weighted by atomic mass is 9.75. The maximum atomic E-state index is 10.0. The summed E-state index contributed by atoms with van der Waals surface area (Å²) in [5.41, 5.74) is -0.903. The standard InChI is InChI=1S/C10H20O.C4H6O3.C4H10O2.CH4/c1-7(2)9-5-4-8(3)6-10(9)11;1-3-2-6-4(5)7-3;1-4(2,6)3-5;/h7-11H,4-6H2,1-3H3;3H,2H2,1H3;5-6H,3H2,1-2H3;1H4. The number of aliphatic hydroxyl groups excluding tert-OH is 2. The van der Waals surface area contributed by atoms with Crippen LogP contribution in [-0.2, 0) is 9.47 Å². The third-order valence-corrected chi connectivity index (χ3v) is 4.11. The minimum absolute atomic E-state index is 0. The first-order valence-corrected chi connectivity index (χ1v) is 8.81. The molecule has 1 saturated heterocycles. The van der Waals surface area contributed by atoms with Gasteiger partial charge in [-0.1, -0.05) is 34.6 Å². The molecule has 3 N–H and O–H groups in total. The van der Waals surface area contributed by atoms with E-state index in [0.717, 1.165) is 12.3 Å². The van der Waals surface area contributed by atoms with E-state index in [1.54, 1.807) is 20.8 Å². The van der Waals surface area contributed by atoms with Gasteiger partial charge in [0.25, 0.3) is 0 Å². The van der Waals surface area contributed by atoms with Crippen LogP contribution < -0.4 is 0 Å². The Labute approximate surface area is 153 Å². The van der Waals surface area contributed by atoms with E-state index < -0.39 is 11.8 Å². The molecule has 1 aliphatic heterocycles. The fourth-order valence-electron chi connectivity index (χ4n) is 2.57. The average Bonchev–Trinajstić information content (AvgIpc) is 2.82. The van der Waals surface area contributed by atoms with Crippen LogP contribution in [0.5, 0.6) is 0 Å². The summed E-state index contributed by atoms with van der Waals surface area (Å²) >= 11 is 0. The number of ether oxygens (including phenoxy) is 2. The Kier molecular flexibility index (Phi) is 13.2. The van der Waals surface area contributed by atoms with Crippen molar-refractivity contribution in [3.05, 3.63) is 0 Å². The molecule has 6 heteroatoms. The third kappa shape index (κ3) is 13.1. The van der Waals surface area contributed by atoms with Crippen molar-refractivity contribution in [1.29, 1.82) is 0 Å². The molecule has 2 aliphatic rings. The van der Waals surface area contributed by atoms with Gasteiger partial charge in [0, 0.05) is 0 Å². The Morgan fingerprint density at radius 3 is 2.00 bits per heavy atom. The van der Waals surface area contributed by atoms with Crippen molar-refractivity contribution < 1.29 is 29.6 Å². The number of rotatable bonds is 2. The molecule has 0 aromatic rings. The molecule has 4 unspecified atom stereocenters. The second-order valence-corrected chi connectivity index (χ2v) is 7.85. The number of hydrogen-bond acceptors (Lipinski definition) is 6. The minimum atomic E-state index is -0.903. The van der Waals surface area contributed by atoms with Crippen LogP contribution >= 0.6 is 0 Å². The van der Waals surface area contributed by atoms with Crippen molar-refractivity contribution in [2.75, 3.05) is 13.2 Å². The van der Waals surface area contributed by atoms with E-state index in [1.807, 2.05) is 0 Å². The maximum absolute atomic E-state index is 10.0. The summed E-state index contributed by atoms with van der Waals surface area (Å²) in [5, 5.41) is 26.4. The lowest BCUT2D eigenvalue weighted by Gasteiger charge is -2.33. The molecule has 1 heterocycles. The van der Waals surface area contributed by atoms with Crippen LogP contribution in [0.25, 0.3) is 0 Å².